The van der Waals surface area contributed by atoms with Crippen LogP contribution in [-0.4, -0.2) is 121 Å². The lowest BCUT2D eigenvalue weighted by atomic mass is 10.5. The average molecular weight is 620 g/mol. The Labute approximate surface area is 243 Å². The van der Waals surface area contributed by atoms with E-state index >= 15 is 0 Å². The fourth-order valence-electron chi connectivity index (χ4n) is 3.48. The predicted molar refractivity (Wildman–Crippen MR) is 168 cm³/mol. The Bertz CT molecular complexity index is 485. The molecular weight excluding hydrogens is 555 g/mol. The SMILES string of the molecule is CCO[Si](C)(CCCN)OCC.CO[Si](C)(CCCNCCN)OC.CO[Si](CCCNCCN)(OC)OC. The van der Waals surface area contributed by atoms with Crippen molar-refractivity contribution in [3.05, 3.63) is 0 Å². The molecule has 0 fully saturated rings. The first kappa shape index (κ1) is 43.6. The molecule has 8 N–H and O–H groups in total. The summed E-state index contributed by atoms with van der Waals surface area (Å²) in [5.41, 5.74) is 16.1. The molecule has 0 rings (SSSR count). The van der Waals surface area contributed by atoms with Gasteiger partial charge in [-0.1, -0.05) is 0 Å². The van der Waals surface area contributed by atoms with Crippen LogP contribution in [0, 0.1) is 0 Å². The maximum Gasteiger partial charge on any atom is 0.500 e. The Hall–Kier alpha value is 0.171. The molecule has 0 atom stereocenters. The Morgan fingerprint density at radius 3 is 1.26 bits per heavy atom. The molecule has 0 unspecified atom stereocenters. The molecule has 0 radical (unpaired) electrons. The van der Waals surface area contributed by atoms with Crippen LogP contribution in [0.3, 0.4) is 0 Å². The lowest BCUT2D eigenvalue weighted by Crippen LogP contribution is -2.43. The van der Waals surface area contributed by atoms with Crippen molar-refractivity contribution in [3.63, 3.8) is 0 Å². The summed E-state index contributed by atoms with van der Waals surface area (Å²) in [4.78, 5) is 0. The van der Waals surface area contributed by atoms with E-state index in [0.29, 0.717) is 13.1 Å². The summed E-state index contributed by atoms with van der Waals surface area (Å²) in [5, 5.41) is 6.45. The van der Waals surface area contributed by atoms with Gasteiger partial charge in [0.25, 0.3) is 0 Å². The second kappa shape index (κ2) is 29.7. The molecule has 0 spiro atoms. The minimum Gasteiger partial charge on any atom is -0.398 e. The lowest BCUT2D eigenvalue weighted by molar-refractivity contribution is 0.123. The third-order valence-corrected chi connectivity index (χ3v) is 14.9. The smallest absolute Gasteiger partial charge is 0.398 e. The highest BCUT2D eigenvalue weighted by Gasteiger charge is 2.36. The minimum atomic E-state index is -2.35. The third-order valence-electron chi connectivity index (χ3n) is 5.99. The third kappa shape index (κ3) is 25.6. The van der Waals surface area contributed by atoms with Gasteiger partial charge in [0.1, 0.15) is 0 Å². The minimum absolute atomic E-state index is 0.668. The molecule has 0 bridgehead atoms. The summed E-state index contributed by atoms with van der Waals surface area (Å²) >= 11 is 0. The first-order valence-corrected chi connectivity index (χ1v) is 21.1. The van der Waals surface area contributed by atoms with Gasteiger partial charge in [0.2, 0.25) is 0 Å². The van der Waals surface area contributed by atoms with Crippen molar-refractivity contribution in [3.8, 4) is 0 Å². The molecule has 0 aromatic heterocycles. The molecule has 0 aromatic rings. The van der Waals surface area contributed by atoms with Crippen molar-refractivity contribution in [2.75, 3.05) is 94.6 Å². The van der Waals surface area contributed by atoms with E-state index in [-0.39, 0.29) is 0 Å². The summed E-state index contributed by atoms with van der Waals surface area (Å²) in [6, 6.07) is 2.86. The topological polar surface area (TPSA) is 167 Å². The number of hydrogen-bond donors (Lipinski definition) is 5. The highest BCUT2D eigenvalue weighted by Crippen LogP contribution is 2.15. The molecule has 15 heteroatoms. The maximum absolute atomic E-state index is 5.63. The molecule has 0 heterocycles. The maximum atomic E-state index is 5.63. The Balaban J connectivity index is -0.000000500. The van der Waals surface area contributed by atoms with Crippen LogP contribution in [0.2, 0.25) is 31.2 Å². The van der Waals surface area contributed by atoms with E-state index in [2.05, 4.69) is 23.7 Å². The summed E-state index contributed by atoms with van der Waals surface area (Å²) < 4.78 is 37.8. The van der Waals surface area contributed by atoms with Crippen molar-refractivity contribution < 1.29 is 31.0 Å². The molecule has 240 valence electrons. The van der Waals surface area contributed by atoms with E-state index in [1.165, 1.54) is 0 Å². The van der Waals surface area contributed by atoms with Gasteiger partial charge < -0.3 is 58.8 Å². The van der Waals surface area contributed by atoms with E-state index in [1.54, 1.807) is 35.5 Å². The van der Waals surface area contributed by atoms with Gasteiger partial charge in [-0.05, 0) is 77.9 Å². The van der Waals surface area contributed by atoms with E-state index in [4.69, 9.17) is 48.2 Å². The highest BCUT2D eigenvalue weighted by molar-refractivity contribution is 6.66. The molecule has 39 heavy (non-hydrogen) atoms. The monoisotopic (exact) mass is 619 g/mol. The first-order valence-electron chi connectivity index (χ1n) is 14.2. The van der Waals surface area contributed by atoms with Gasteiger partial charge in [-0.25, -0.2) is 0 Å². The van der Waals surface area contributed by atoms with Crippen molar-refractivity contribution in [1.82, 2.24) is 10.6 Å². The quantitative estimate of drug-likeness (QED) is 0.0783. The van der Waals surface area contributed by atoms with Crippen molar-refractivity contribution in [2.24, 2.45) is 17.2 Å². The summed E-state index contributed by atoms with van der Waals surface area (Å²) in [5.74, 6) is 0. The summed E-state index contributed by atoms with van der Waals surface area (Å²) in [7, 11) is 2.32. The van der Waals surface area contributed by atoms with E-state index in [9.17, 15) is 0 Å². The van der Waals surface area contributed by atoms with Crippen LogP contribution >= 0.6 is 0 Å². The van der Waals surface area contributed by atoms with Crippen LogP contribution in [0.1, 0.15) is 33.1 Å². The molecule has 0 aliphatic carbocycles. The fourth-order valence-corrected chi connectivity index (χ4v) is 9.04. The number of nitrogens with one attached hydrogen (secondary N) is 2. The molecule has 0 saturated carbocycles. The van der Waals surface area contributed by atoms with E-state index in [0.717, 1.165) is 83.3 Å². The lowest BCUT2D eigenvalue weighted by Gasteiger charge is -2.25. The van der Waals surface area contributed by atoms with Crippen LogP contribution in [-0.2, 0) is 31.0 Å². The molecular formula is C24H65N5O7Si3. The van der Waals surface area contributed by atoms with Crippen LogP contribution in [0.15, 0.2) is 0 Å². The molecule has 0 aliphatic rings. The number of rotatable bonds is 24. The Morgan fingerprint density at radius 2 is 0.923 bits per heavy atom. The van der Waals surface area contributed by atoms with Gasteiger partial charge in [0.15, 0.2) is 0 Å². The van der Waals surface area contributed by atoms with Gasteiger partial charge >= 0.3 is 25.9 Å². The largest absolute Gasteiger partial charge is 0.500 e. The predicted octanol–water partition coefficient (Wildman–Crippen LogP) is 1.57. The zero-order valence-corrected chi connectivity index (χ0v) is 29.7. The number of nitrogens with two attached hydrogens (primary N) is 3. The van der Waals surface area contributed by atoms with Gasteiger partial charge in [0, 0.05) is 81.0 Å². The normalized spacial score (nSPS) is 12.0. The molecule has 0 aliphatic heterocycles. The van der Waals surface area contributed by atoms with Crippen LogP contribution in [0.25, 0.3) is 0 Å². The van der Waals surface area contributed by atoms with Crippen LogP contribution in [0.4, 0.5) is 0 Å². The summed E-state index contributed by atoms with van der Waals surface area (Å²) in [6.07, 6.45) is 3.06. The van der Waals surface area contributed by atoms with Crippen LogP contribution in [0.5, 0.6) is 0 Å². The van der Waals surface area contributed by atoms with Gasteiger partial charge in [-0.3, -0.25) is 0 Å². The zero-order chi connectivity index (χ0) is 30.5. The molecule has 0 aromatic carbocycles. The van der Waals surface area contributed by atoms with Gasteiger partial charge in [-0.15, -0.1) is 0 Å². The number of hydrogen-bond acceptors (Lipinski definition) is 12. The Kier molecular flexibility index (Phi) is 33.2. The fraction of sp³-hybridized carbons (Fsp3) is 1.00. The van der Waals surface area contributed by atoms with Crippen LogP contribution < -0.4 is 27.8 Å². The molecule has 0 amide bonds. The average Bonchev–Trinajstić information content (AvgIpc) is 2.95. The second-order valence-corrected chi connectivity index (χ2v) is 19.0. The van der Waals surface area contributed by atoms with E-state index < -0.39 is 25.9 Å². The van der Waals surface area contributed by atoms with Gasteiger partial charge in [0.05, 0.1) is 0 Å². The standard InChI is InChI=1S/C8H22N2O3Si.C8H22N2O2Si.C8H21NO2Si/c1-11-14(12-2,13-3)8-4-6-10-7-5-9;1-11-13(3,12-2)8-4-6-10-7-5-9;1-4-10-12(3,11-5-2)8-6-7-9/h10H,4-9H2,1-3H3;10H,4-9H2,1-3H3;4-9H2,1-3H3. The van der Waals surface area contributed by atoms with Gasteiger partial charge in [-0.2, -0.15) is 0 Å². The van der Waals surface area contributed by atoms with Crippen molar-refractivity contribution in [1.29, 1.82) is 0 Å². The summed E-state index contributed by atoms with van der Waals surface area (Å²) in [6.45, 7) is 15.4. The second-order valence-electron chi connectivity index (χ2n) is 9.01. The molecule has 12 nitrogen and oxygen atoms in total. The van der Waals surface area contributed by atoms with E-state index in [1.807, 2.05) is 13.8 Å². The van der Waals surface area contributed by atoms with Crippen molar-refractivity contribution in [2.45, 2.75) is 64.3 Å². The first-order chi connectivity index (χ1) is 18.6. The zero-order valence-electron chi connectivity index (χ0n) is 26.7. The highest BCUT2D eigenvalue weighted by atomic mass is 28.4. The van der Waals surface area contributed by atoms with Crippen molar-refractivity contribution >= 4 is 25.9 Å². The molecule has 0 saturated heterocycles. The Morgan fingerprint density at radius 1 is 0.513 bits per heavy atom.